The molecule has 24 heavy (non-hydrogen) atoms. The molecule has 0 spiro atoms. The van der Waals surface area contributed by atoms with Gasteiger partial charge in [-0.15, -0.1) is 0 Å². The molecule has 0 fully saturated rings. The molecule has 3 rings (SSSR count). The van der Waals surface area contributed by atoms with Gasteiger partial charge in [0.05, 0.1) is 0 Å². The number of esters is 1. The van der Waals surface area contributed by atoms with Crippen LogP contribution in [-0.4, -0.2) is 38.3 Å². The highest BCUT2D eigenvalue weighted by molar-refractivity contribution is 6.10. The Kier molecular flexibility index (Phi) is 3.82. The molecule has 0 bridgehead atoms. The average Bonchev–Trinajstić information content (AvgIpc) is 2.78. The molecule has 0 atom stereocenters. The highest BCUT2D eigenvalue weighted by Gasteiger charge is 2.32. The van der Waals surface area contributed by atoms with Gasteiger partial charge in [0.1, 0.15) is 6.54 Å². The number of anilines is 2. The molecule has 1 aromatic carbocycles. The van der Waals surface area contributed by atoms with Crippen LogP contribution in [0.4, 0.5) is 11.9 Å². The summed E-state index contributed by atoms with van der Waals surface area (Å²) in [7, 11) is 0. The molecule has 0 aliphatic carbocycles. The fraction of sp³-hybridized carbons (Fsp3) is 0.133. The van der Waals surface area contributed by atoms with Crippen LogP contribution in [0.2, 0.25) is 0 Å². The maximum Gasteiger partial charge on any atom is 0.326 e. The van der Waals surface area contributed by atoms with Crippen molar-refractivity contribution in [2.45, 2.75) is 6.61 Å². The van der Waals surface area contributed by atoms with Crippen LogP contribution in [0.3, 0.4) is 0 Å². The number of hydrogen-bond donors (Lipinski definition) is 2. The molecule has 9 nitrogen and oxygen atoms in total. The SMILES string of the molecule is C=C1c2ccccc2C(=O)N1CC(=O)OCc1nc(N)nc(N)n1. The Morgan fingerprint density at radius 1 is 1.12 bits per heavy atom. The van der Waals surface area contributed by atoms with Gasteiger partial charge >= 0.3 is 5.97 Å². The number of rotatable bonds is 4. The van der Waals surface area contributed by atoms with E-state index in [9.17, 15) is 9.59 Å². The molecule has 0 saturated carbocycles. The fourth-order valence-corrected chi connectivity index (χ4v) is 2.34. The zero-order valence-electron chi connectivity index (χ0n) is 12.6. The third-order valence-electron chi connectivity index (χ3n) is 3.41. The van der Waals surface area contributed by atoms with Gasteiger partial charge in [0.15, 0.2) is 12.4 Å². The number of carbonyl (C=O) groups excluding carboxylic acids is 2. The summed E-state index contributed by atoms with van der Waals surface area (Å²) in [5.74, 6) is -0.918. The van der Waals surface area contributed by atoms with Crippen LogP contribution in [-0.2, 0) is 16.1 Å². The first-order valence-electron chi connectivity index (χ1n) is 6.97. The Bertz CT molecular complexity index is 796. The predicted molar refractivity (Wildman–Crippen MR) is 85.0 cm³/mol. The van der Waals surface area contributed by atoms with Crippen LogP contribution in [0.15, 0.2) is 30.8 Å². The second-order valence-corrected chi connectivity index (χ2v) is 5.01. The minimum absolute atomic E-state index is 0.0629. The van der Waals surface area contributed by atoms with E-state index in [0.717, 1.165) is 0 Å². The summed E-state index contributed by atoms with van der Waals surface area (Å²) in [4.78, 5) is 36.8. The van der Waals surface area contributed by atoms with E-state index in [1.54, 1.807) is 24.3 Å². The number of amides is 1. The Morgan fingerprint density at radius 3 is 2.38 bits per heavy atom. The first-order chi connectivity index (χ1) is 11.5. The number of carbonyl (C=O) groups is 2. The summed E-state index contributed by atoms with van der Waals surface area (Å²) in [6, 6.07) is 7.01. The number of benzene rings is 1. The standard InChI is InChI=1S/C15H14N6O3/c1-8-9-4-2-3-5-10(9)13(23)21(8)6-12(22)24-7-11-18-14(16)20-15(17)19-11/h2-5H,1,6-7H2,(H4,16,17,18,19,20). The summed E-state index contributed by atoms with van der Waals surface area (Å²) < 4.78 is 5.06. The molecule has 1 amide bonds. The van der Waals surface area contributed by atoms with Crippen LogP contribution in [0, 0.1) is 0 Å². The quantitative estimate of drug-likeness (QED) is 0.760. The van der Waals surface area contributed by atoms with Crippen molar-refractivity contribution >= 4 is 29.5 Å². The van der Waals surface area contributed by atoms with E-state index in [1.165, 1.54) is 4.90 Å². The third kappa shape index (κ3) is 2.86. The maximum absolute atomic E-state index is 12.3. The van der Waals surface area contributed by atoms with E-state index in [-0.39, 0.29) is 36.8 Å². The predicted octanol–water partition coefficient (Wildman–Crippen LogP) is 0.206. The molecule has 0 radical (unpaired) electrons. The molecule has 0 unspecified atom stereocenters. The number of nitrogens with zero attached hydrogens (tertiary/aromatic N) is 4. The first kappa shape index (κ1) is 15.4. The Hall–Kier alpha value is -3.49. The lowest BCUT2D eigenvalue weighted by molar-refractivity contribution is -0.145. The van der Waals surface area contributed by atoms with Crippen LogP contribution in [0.25, 0.3) is 5.70 Å². The van der Waals surface area contributed by atoms with Gasteiger partial charge in [-0.3, -0.25) is 14.5 Å². The minimum Gasteiger partial charge on any atom is -0.456 e. The van der Waals surface area contributed by atoms with Crippen LogP contribution in [0.5, 0.6) is 0 Å². The van der Waals surface area contributed by atoms with E-state index in [4.69, 9.17) is 16.2 Å². The van der Waals surface area contributed by atoms with E-state index in [2.05, 4.69) is 21.5 Å². The second kappa shape index (κ2) is 5.95. The average molecular weight is 326 g/mol. The van der Waals surface area contributed by atoms with Crippen molar-refractivity contribution in [1.29, 1.82) is 0 Å². The molecule has 9 heteroatoms. The Labute approximate surface area is 137 Å². The minimum atomic E-state index is -0.630. The molecule has 1 aliphatic rings. The van der Waals surface area contributed by atoms with Crippen molar-refractivity contribution in [3.8, 4) is 0 Å². The number of hydrogen-bond acceptors (Lipinski definition) is 8. The molecule has 1 aromatic heterocycles. The van der Waals surface area contributed by atoms with Gasteiger partial charge in [-0.25, -0.2) is 0 Å². The largest absolute Gasteiger partial charge is 0.456 e. The third-order valence-corrected chi connectivity index (χ3v) is 3.41. The number of nitrogen functional groups attached to an aromatic ring is 2. The summed E-state index contributed by atoms with van der Waals surface area (Å²) in [5.41, 5.74) is 12.5. The van der Waals surface area contributed by atoms with Gasteiger partial charge in [0.2, 0.25) is 11.9 Å². The zero-order chi connectivity index (χ0) is 17.3. The van der Waals surface area contributed by atoms with Crippen molar-refractivity contribution in [3.63, 3.8) is 0 Å². The summed E-state index contributed by atoms with van der Waals surface area (Å²) >= 11 is 0. The van der Waals surface area contributed by atoms with Crippen LogP contribution >= 0.6 is 0 Å². The lowest BCUT2D eigenvalue weighted by Crippen LogP contribution is -2.30. The number of ether oxygens (including phenoxy) is 1. The Morgan fingerprint density at radius 2 is 1.75 bits per heavy atom. The topological polar surface area (TPSA) is 137 Å². The highest BCUT2D eigenvalue weighted by atomic mass is 16.5. The van der Waals surface area contributed by atoms with Crippen molar-refractivity contribution < 1.29 is 14.3 Å². The second-order valence-electron chi connectivity index (χ2n) is 5.01. The monoisotopic (exact) mass is 326 g/mol. The van der Waals surface area contributed by atoms with Crippen molar-refractivity contribution in [1.82, 2.24) is 19.9 Å². The normalized spacial score (nSPS) is 13.1. The molecule has 1 aliphatic heterocycles. The number of aromatic nitrogens is 3. The van der Waals surface area contributed by atoms with Gasteiger partial charge in [0, 0.05) is 16.8 Å². The smallest absolute Gasteiger partial charge is 0.326 e. The van der Waals surface area contributed by atoms with Crippen molar-refractivity contribution in [2.75, 3.05) is 18.0 Å². The Balaban J connectivity index is 1.64. The lowest BCUT2D eigenvalue weighted by atomic mass is 10.1. The first-order valence-corrected chi connectivity index (χ1v) is 6.97. The van der Waals surface area contributed by atoms with E-state index >= 15 is 0 Å². The van der Waals surface area contributed by atoms with Crippen LogP contribution in [0.1, 0.15) is 21.7 Å². The van der Waals surface area contributed by atoms with Crippen molar-refractivity contribution in [2.24, 2.45) is 0 Å². The fourth-order valence-electron chi connectivity index (χ4n) is 2.34. The van der Waals surface area contributed by atoms with Gasteiger partial charge in [-0.1, -0.05) is 24.8 Å². The summed E-state index contributed by atoms with van der Waals surface area (Å²) in [6.45, 7) is 3.37. The number of fused-ring (bicyclic) bond motifs is 1. The lowest BCUT2D eigenvalue weighted by Gasteiger charge is -2.16. The van der Waals surface area contributed by atoms with E-state index in [0.29, 0.717) is 16.8 Å². The van der Waals surface area contributed by atoms with Gasteiger partial charge in [-0.2, -0.15) is 15.0 Å². The van der Waals surface area contributed by atoms with Gasteiger partial charge < -0.3 is 16.2 Å². The highest BCUT2D eigenvalue weighted by Crippen LogP contribution is 2.30. The maximum atomic E-state index is 12.3. The number of nitrogens with two attached hydrogens (primary N) is 2. The summed E-state index contributed by atoms with van der Waals surface area (Å²) in [6.07, 6.45) is 0. The van der Waals surface area contributed by atoms with E-state index in [1.807, 2.05) is 0 Å². The molecule has 2 heterocycles. The van der Waals surface area contributed by atoms with E-state index < -0.39 is 5.97 Å². The van der Waals surface area contributed by atoms with Crippen molar-refractivity contribution in [3.05, 3.63) is 47.8 Å². The molecule has 0 saturated heterocycles. The molecule has 4 N–H and O–H groups in total. The molecule has 2 aromatic rings. The van der Waals surface area contributed by atoms with Gasteiger partial charge in [0.25, 0.3) is 5.91 Å². The van der Waals surface area contributed by atoms with Crippen LogP contribution < -0.4 is 11.5 Å². The molecular weight excluding hydrogens is 312 g/mol. The summed E-state index contributed by atoms with van der Waals surface area (Å²) in [5, 5.41) is 0. The zero-order valence-corrected chi connectivity index (χ0v) is 12.6. The molecular formula is C15H14N6O3. The van der Waals surface area contributed by atoms with Gasteiger partial charge in [-0.05, 0) is 6.07 Å². The molecule has 122 valence electrons.